The zero-order valence-electron chi connectivity index (χ0n) is 21.8. The van der Waals surface area contributed by atoms with Crippen molar-refractivity contribution >= 4 is 34.4 Å². The maximum atomic E-state index is 12.7. The monoisotopic (exact) mass is 527 g/mol. The third-order valence-corrected chi connectivity index (χ3v) is 7.68. The first-order valence-corrected chi connectivity index (χ1v) is 14.1. The van der Waals surface area contributed by atoms with E-state index >= 15 is 0 Å². The molecule has 1 aliphatic rings. The highest BCUT2D eigenvalue weighted by molar-refractivity contribution is 7.99. The number of aromatic nitrogens is 3. The highest BCUT2D eigenvalue weighted by Gasteiger charge is 2.23. The molecule has 4 heterocycles. The summed E-state index contributed by atoms with van der Waals surface area (Å²) in [6, 6.07) is 19.5. The average molecular weight is 528 g/mol. The lowest BCUT2D eigenvalue weighted by Gasteiger charge is -2.35. The molecule has 0 radical (unpaired) electrons. The van der Waals surface area contributed by atoms with Crippen molar-refractivity contribution < 1.29 is 9.90 Å². The van der Waals surface area contributed by atoms with E-state index in [1.165, 1.54) is 18.2 Å². The van der Waals surface area contributed by atoms with E-state index in [2.05, 4.69) is 41.2 Å². The van der Waals surface area contributed by atoms with Gasteiger partial charge in [0.2, 0.25) is 0 Å². The summed E-state index contributed by atoms with van der Waals surface area (Å²) in [5, 5.41) is 12.9. The summed E-state index contributed by atoms with van der Waals surface area (Å²) in [6.45, 7) is 7.06. The smallest absolute Gasteiger partial charge is 0.251 e. The number of nitrogens with one attached hydrogen (secondary N) is 1. The second-order valence-electron chi connectivity index (χ2n) is 10.1. The van der Waals surface area contributed by atoms with E-state index in [0.29, 0.717) is 29.7 Å². The van der Waals surface area contributed by atoms with E-state index in [1.54, 1.807) is 12.3 Å². The van der Waals surface area contributed by atoms with Gasteiger partial charge in [0.15, 0.2) is 0 Å². The molecule has 0 spiro atoms. The second kappa shape index (κ2) is 11.9. The van der Waals surface area contributed by atoms with Crippen molar-refractivity contribution in [1.82, 2.24) is 20.3 Å². The Morgan fingerprint density at radius 2 is 1.82 bits per heavy atom. The molecule has 0 aliphatic carbocycles. The molecule has 1 fully saturated rings. The summed E-state index contributed by atoms with van der Waals surface area (Å²) in [5.74, 6) is 2.74. The van der Waals surface area contributed by atoms with Crippen LogP contribution in [0.5, 0.6) is 0 Å². The molecule has 1 amide bonds. The lowest BCUT2D eigenvalue weighted by atomic mass is 9.92. The Morgan fingerprint density at radius 3 is 2.63 bits per heavy atom. The lowest BCUT2D eigenvalue weighted by molar-refractivity contribution is 0.0950. The molecule has 8 heteroatoms. The summed E-state index contributed by atoms with van der Waals surface area (Å²) in [7, 11) is 0. The van der Waals surface area contributed by atoms with Crippen LogP contribution >= 0.6 is 11.8 Å². The van der Waals surface area contributed by atoms with Crippen LogP contribution < -0.4 is 10.2 Å². The van der Waals surface area contributed by atoms with Gasteiger partial charge in [-0.1, -0.05) is 26.0 Å². The number of thioether (sulfide) groups is 1. The fourth-order valence-corrected chi connectivity index (χ4v) is 5.76. The molecule has 5 rings (SSSR count). The van der Waals surface area contributed by atoms with E-state index in [4.69, 9.17) is 15.1 Å². The van der Waals surface area contributed by atoms with Crippen LogP contribution in [0.2, 0.25) is 0 Å². The summed E-state index contributed by atoms with van der Waals surface area (Å²) in [5.41, 5.74) is 3.80. The maximum absolute atomic E-state index is 12.7. The molecular formula is C30H33N5O2S. The van der Waals surface area contributed by atoms with Crippen LogP contribution in [-0.4, -0.2) is 51.4 Å². The Labute approximate surface area is 227 Å². The number of piperidine rings is 1. The van der Waals surface area contributed by atoms with Crippen LogP contribution in [0.25, 0.3) is 22.3 Å². The molecule has 0 saturated carbocycles. The molecule has 7 nitrogen and oxygen atoms in total. The lowest BCUT2D eigenvalue weighted by Crippen LogP contribution is -2.39. The predicted octanol–water partition coefficient (Wildman–Crippen LogP) is 5.19. The van der Waals surface area contributed by atoms with Crippen LogP contribution in [-0.2, 0) is 6.54 Å². The number of amides is 1. The van der Waals surface area contributed by atoms with E-state index in [0.717, 1.165) is 51.8 Å². The molecule has 1 saturated heterocycles. The summed E-state index contributed by atoms with van der Waals surface area (Å²) < 4.78 is 0. The standard InChI is InChI=1S/C30H33N5O2S/c1-20-13-21(2)19-35(18-20)29-8-4-7-26(34-29)27-10-9-23-16-31-24(15-28(23)33-27)17-32-30(37)22-5-3-6-25(14-22)38-12-11-36/h3-10,14-16,20-21,36H,11-13,17-19H2,1-2H3,(H,32,37). The van der Waals surface area contributed by atoms with Gasteiger partial charge in [-0.3, -0.25) is 9.78 Å². The molecule has 38 heavy (non-hydrogen) atoms. The van der Waals surface area contributed by atoms with Gasteiger partial charge in [0.1, 0.15) is 5.82 Å². The van der Waals surface area contributed by atoms with Crippen molar-refractivity contribution in [2.75, 3.05) is 30.3 Å². The first-order valence-electron chi connectivity index (χ1n) is 13.1. The second-order valence-corrected chi connectivity index (χ2v) is 11.2. The number of pyridine rings is 3. The number of hydrogen-bond donors (Lipinski definition) is 2. The molecule has 1 aliphatic heterocycles. The normalized spacial score (nSPS) is 17.5. The number of fused-ring (bicyclic) bond motifs is 1. The minimum Gasteiger partial charge on any atom is -0.396 e. The van der Waals surface area contributed by atoms with Crippen molar-refractivity contribution in [1.29, 1.82) is 0 Å². The number of carbonyl (C=O) groups excluding carboxylic acids is 1. The van der Waals surface area contributed by atoms with Crippen molar-refractivity contribution in [3.05, 3.63) is 78.1 Å². The van der Waals surface area contributed by atoms with Gasteiger partial charge >= 0.3 is 0 Å². The van der Waals surface area contributed by atoms with E-state index < -0.39 is 0 Å². The molecule has 4 aromatic rings. The number of anilines is 1. The van der Waals surface area contributed by atoms with Gasteiger partial charge in [0.05, 0.1) is 35.8 Å². The third kappa shape index (κ3) is 6.31. The zero-order chi connectivity index (χ0) is 26.5. The average Bonchev–Trinajstić information content (AvgIpc) is 2.94. The molecule has 2 unspecified atom stereocenters. The van der Waals surface area contributed by atoms with Gasteiger partial charge in [-0.05, 0) is 66.8 Å². The molecule has 1 aromatic carbocycles. The molecule has 2 atom stereocenters. The van der Waals surface area contributed by atoms with Gasteiger partial charge in [-0.25, -0.2) is 9.97 Å². The van der Waals surface area contributed by atoms with E-state index in [1.807, 2.05) is 42.5 Å². The third-order valence-electron chi connectivity index (χ3n) is 6.71. The Balaban J connectivity index is 1.31. The fraction of sp³-hybridized carbons (Fsp3) is 0.333. The SMILES string of the molecule is CC1CC(C)CN(c2cccc(-c3ccc4cnc(CNC(=O)c5cccc(SCCO)c5)cc4n3)n2)C1. The van der Waals surface area contributed by atoms with Crippen molar-refractivity contribution in [2.24, 2.45) is 11.8 Å². The van der Waals surface area contributed by atoms with Crippen molar-refractivity contribution in [3.63, 3.8) is 0 Å². The van der Waals surface area contributed by atoms with E-state index in [9.17, 15) is 4.79 Å². The molecule has 2 N–H and O–H groups in total. The molecular weight excluding hydrogens is 494 g/mol. The van der Waals surface area contributed by atoms with Gasteiger partial charge in [0, 0.05) is 40.9 Å². The quantitative estimate of drug-likeness (QED) is 0.305. The van der Waals surface area contributed by atoms with Gasteiger partial charge in [-0.15, -0.1) is 11.8 Å². The fourth-order valence-electron chi connectivity index (χ4n) is 5.05. The Kier molecular flexibility index (Phi) is 8.20. The zero-order valence-corrected chi connectivity index (χ0v) is 22.6. The molecule has 3 aromatic heterocycles. The number of benzene rings is 1. The first-order chi connectivity index (χ1) is 18.5. The van der Waals surface area contributed by atoms with Crippen LogP contribution in [0, 0.1) is 11.8 Å². The van der Waals surface area contributed by atoms with Crippen molar-refractivity contribution in [2.45, 2.75) is 31.7 Å². The number of carbonyl (C=O) groups is 1. The van der Waals surface area contributed by atoms with Crippen molar-refractivity contribution in [3.8, 4) is 11.4 Å². The Hall–Kier alpha value is -3.49. The highest BCUT2D eigenvalue weighted by atomic mass is 32.2. The number of nitrogens with zero attached hydrogens (tertiary/aromatic N) is 4. The maximum Gasteiger partial charge on any atom is 0.251 e. The topological polar surface area (TPSA) is 91.2 Å². The largest absolute Gasteiger partial charge is 0.396 e. The number of rotatable bonds is 8. The minimum atomic E-state index is -0.164. The summed E-state index contributed by atoms with van der Waals surface area (Å²) in [6.07, 6.45) is 3.05. The summed E-state index contributed by atoms with van der Waals surface area (Å²) in [4.78, 5) is 30.4. The Morgan fingerprint density at radius 1 is 1.03 bits per heavy atom. The first kappa shape index (κ1) is 26.1. The Bertz CT molecular complexity index is 1420. The van der Waals surface area contributed by atoms with Crippen LogP contribution in [0.3, 0.4) is 0 Å². The van der Waals surface area contributed by atoms with Crippen LogP contribution in [0.15, 0.2) is 71.8 Å². The number of hydrogen-bond acceptors (Lipinski definition) is 7. The van der Waals surface area contributed by atoms with Gasteiger partial charge in [0.25, 0.3) is 5.91 Å². The minimum absolute atomic E-state index is 0.100. The highest BCUT2D eigenvalue weighted by Crippen LogP contribution is 2.27. The van der Waals surface area contributed by atoms with E-state index in [-0.39, 0.29) is 12.5 Å². The van der Waals surface area contributed by atoms with Gasteiger partial charge in [-0.2, -0.15) is 0 Å². The summed E-state index contributed by atoms with van der Waals surface area (Å²) >= 11 is 1.52. The molecule has 0 bridgehead atoms. The predicted molar refractivity (Wildman–Crippen MR) is 153 cm³/mol. The number of aliphatic hydroxyl groups excluding tert-OH is 1. The number of aliphatic hydroxyl groups is 1. The van der Waals surface area contributed by atoms with Crippen LogP contribution in [0.4, 0.5) is 5.82 Å². The molecule has 196 valence electrons. The van der Waals surface area contributed by atoms with Crippen LogP contribution in [0.1, 0.15) is 36.3 Å². The van der Waals surface area contributed by atoms with Gasteiger partial charge < -0.3 is 15.3 Å².